The number of anilines is 1. The van der Waals surface area contributed by atoms with Crippen molar-refractivity contribution in [3.05, 3.63) is 53.6 Å². The van der Waals surface area contributed by atoms with Crippen molar-refractivity contribution in [2.24, 2.45) is 0 Å². The monoisotopic (exact) mass is 634 g/mol. The first-order valence-electron chi connectivity index (χ1n) is 8.63. The van der Waals surface area contributed by atoms with E-state index in [1.807, 2.05) is 28.1 Å². The Labute approximate surface area is 203 Å². The topological polar surface area (TPSA) is 87.0 Å². The van der Waals surface area contributed by atoms with Crippen LogP contribution in [0.15, 0.2) is 52.9 Å². The summed E-state index contributed by atoms with van der Waals surface area (Å²) >= 11 is 3.04. The Balaban J connectivity index is 2.01. The smallest absolute Gasteiger partial charge is 0.310 e. The van der Waals surface area contributed by atoms with Crippen LogP contribution in [0.2, 0.25) is 0 Å². The molecule has 1 aromatic heterocycles. The van der Waals surface area contributed by atoms with Gasteiger partial charge in [-0.1, -0.05) is 38.1 Å². The van der Waals surface area contributed by atoms with Crippen molar-refractivity contribution < 1.29 is 28.8 Å². The van der Waals surface area contributed by atoms with E-state index < -0.39 is 21.0 Å². The van der Waals surface area contributed by atoms with Crippen LogP contribution in [-0.4, -0.2) is 17.4 Å². The standard InChI is InChI=1S/C18H13F5IN4O2PS2/c1-10(18(29)28-30-31-24)8-26-15-6-13(16-17(14(15)7-25)32-9-27-16)11-2-4-12(5-3-11)33(19,20,21,22)23/h2-6,9,26,31H,1,8H2,(H,28,29). The summed E-state index contributed by atoms with van der Waals surface area (Å²) in [7, 11) is -9.81. The third-order valence-electron chi connectivity index (χ3n) is 4.33. The largest absolute Gasteiger partial charge is 0.380 e. The van der Waals surface area contributed by atoms with Gasteiger partial charge in [-0.2, -0.15) is 5.26 Å². The predicted octanol–water partition coefficient (Wildman–Crippen LogP) is 7.45. The minimum atomic E-state index is -9.81. The van der Waals surface area contributed by atoms with Gasteiger partial charge in [-0.3, -0.25) is 4.79 Å². The van der Waals surface area contributed by atoms with Crippen molar-refractivity contribution in [2.75, 3.05) is 11.9 Å². The predicted molar refractivity (Wildman–Crippen MR) is 130 cm³/mol. The van der Waals surface area contributed by atoms with Gasteiger partial charge >= 0.3 is 10.2 Å². The Morgan fingerprint density at radius 3 is 2.52 bits per heavy atom. The summed E-state index contributed by atoms with van der Waals surface area (Å²) in [6.07, 6.45) is 0. The molecule has 0 aliphatic rings. The fourth-order valence-electron chi connectivity index (χ4n) is 2.80. The summed E-state index contributed by atoms with van der Waals surface area (Å²) < 4.78 is 70.6. The van der Waals surface area contributed by atoms with Crippen LogP contribution in [0.25, 0.3) is 21.3 Å². The Hall–Kier alpha value is -2.05. The second-order valence-electron chi connectivity index (χ2n) is 6.55. The Morgan fingerprint density at radius 1 is 1.27 bits per heavy atom. The Kier molecular flexibility index (Phi) is 6.68. The molecule has 0 radical (unpaired) electrons. The number of thiazole rings is 1. The highest BCUT2D eigenvalue weighted by atomic mass is 127. The van der Waals surface area contributed by atoms with E-state index in [-0.39, 0.29) is 35.4 Å². The number of carbonyl (C=O) groups excluding carboxylic acids is 1. The zero-order chi connectivity index (χ0) is 24.5. The molecule has 0 aliphatic carbocycles. The first kappa shape index (κ1) is 25.6. The quantitative estimate of drug-likeness (QED) is 0.0884. The van der Waals surface area contributed by atoms with Crippen LogP contribution in [0.3, 0.4) is 0 Å². The first-order chi connectivity index (χ1) is 15.2. The van der Waals surface area contributed by atoms with Crippen LogP contribution in [0.5, 0.6) is 0 Å². The zero-order valence-corrected chi connectivity index (χ0v) is 21.0. The molecule has 15 heteroatoms. The number of amides is 1. The third-order valence-corrected chi connectivity index (χ3v) is 7.17. The van der Waals surface area contributed by atoms with E-state index in [9.17, 15) is 29.5 Å². The van der Waals surface area contributed by atoms with E-state index in [0.717, 1.165) is 23.5 Å². The van der Waals surface area contributed by atoms with E-state index in [4.69, 9.17) is 4.62 Å². The van der Waals surface area contributed by atoms with Crippen molar-refractivity contribution in [1.29, 1.82) is 5.26 Å². The molecule has 2 N–H and O–H groups in total. The van der Waals surface area contributed by atoms with Crippen LogP contribution in [0.4, 0.5) is 25.1 Å². The molecule has 0 fully saturated rings. The molecule has 33 heavy (non-hydrogen) atoms. The Bertz CT molecular complexity index is 1300. The molecule has 6 nitrogen and oxygen atoms in total. The number of nitriles is 1. The highest BCUT2D eigenvalue weighted by Gasteiger charge is 2.65. The summed E-state index contributed by atoms with van der Waals surface area (Å²) in [4.78, 5) is 14.1. The summed E-state index contributed by atoms with van der Waals surface area (Å²) in [6.45, 7) is 3.56. The summed E-state index contributed by atoms with van der Waals surface area (Å²) in [5.41, 5.74) is 5.06. The maximum atomic E-state index is 13.1. The average Bonchev–Trinajstić information content (AvgIpc) is 3.23. The van der Waals surface area contributed by atoms with Crippen molar-refractivity contribution in [3.63, 3.8) is 0 Å². The second-order valence-corrected chi connectivity index (χ2v) is 11.5. The van der Waals surface area contributed by atoms with Crippen LogP contribution in [-0.2, 0) is 9.42 Å². The summed E-state index contributed by atoms with van der Waals surface area (Å²) in [6, 6.07) is 5.99. The van der Waals surface area contributed by atoms with Gasteiger partial charge in [0.05, 0.1) is 27.0 Å². The molecule has 0 spiro atoms. The number of nitrogens with one attached hydrogen (secondary N) is 2. The number of aromatic nitrogens is 1. The summed E-state index contributed by atoms with van der Waals surface area (Å²) in [5, 5.41) is 12.5. The highest BCUT2D eigenvalue weighted by molar-refractivity contribution is 14.2. The maximum absolute atomic E-state index is 13.1. The van der Waals surface area contributed by atoms with E-state index in [0.29, 0.717) is 27.9 Å². The van der Waals surface area contributed by atoms with Crippen LogP contribution in [0.1, 0.15) is 5.56 Å². The number of fused-ring (bicyclic) bond motifs is 1. The lowest BCUT2D eigenvalue weighted by Gasteiger charge is -2.40. The normalized spacial score (nSPS) is 14.0. The van der Waals surface area contributed by atoms with Gasteiger partial charge in [0.1, 0.15) is 17.4 Å². The van der Waals surface area contributed by atoms with E-state index in [2.05, 4.69) is 22.4 Å². The minimum Gasteiger partial charge on any atom is -0.380 e. The molecule has 3 aromatic rings. The van der Waals surface area contributed by atoms with Gasteiger partial charge in [0.15, 0.2) is 0 Å². The number of benzene rings is 2. The Morgan fingerprint density at radius 2 is 1.94 bits per heavy atom. The molecule has 0 bridgehead atoms. The molecule has 176 valence electrons. The highest BCUT2D eigenvalue weighted by Crippen LogP contribution is 3.02. The number of hydrogen-bond acceptors (Lipinski definition) is 6. The minimum absolute atomic E-state index is 0.00514. The zero-order valence-electron chi connectivity index (χ0n) is 16.2. The summed E-state index contributed by atoms with van der Waals surface area (Å²) in [5.74, 6) is -0.573. The molecule has 1 unspecified atom stereocenters. The van der Waals surface area contributed by atoms with E-state index >= 15 is 0 Å². The van der Waals surface area contributed by atoms with Crippen molar-refractivity contribution in [2.45, 2.75) is 4.90 Å². The molecule has 1 atom stereocenters. The van der Waals surface area contributed by atoms with Gasteiger partial charge in [-0.05, 0) is 45.8 Å². The molecule has 0 aliphatic heterocycles. The number of carbonyl (C=O) groups is 1. The van der Waals surface area contributed by atoms with E-state index in [1.54, 1.807) is 0 Å². The SMILES string of the molecule is C=C(CNc1cc(-c2ccc(S(F)(F)(F)(F)F)cc2)c2ncsc2c1C#N)C(=O)NOPI. The van der Waals surface area contributed by atoms with Crippen molar-refractivity contribution in [1.82, 2.24) is 10.5 Å². The molecule has 2 aromatic carbocycles. The molecule has 0 saturated carbocycles. The number of rotatable bonds is 8. The second kappa shape index (κ2) is 8.62. The maximum Gasteiger partial charge on any atom is 0.310 e. The third kappa shape index (κ3) is 5.90. The van der Waals surface area contributed by atoms with Gasteiger partial charge in [0, 0.05) is 17.7 Å². The van der Waals surface area contributed by atoms with Gasteiger partial charge in [-0.15, -0.1) is 11.3 Å². The lowest BCUT2D eigenvalue weighted by Crippen LogP contribution is -2.25. The number of nitrogens with zero attached hydrogens (tertiary/aromatic N) is 2. The first-order valence-corrected chi connectivity index (χ1v) is 15.5. The number of halogens is 6. The lowest BCUT2D eigenvalue weighted by atomic mass is 10.0. The average molecular weight is 634 g/mol. The van der Waals surface area contributed by atoms with Crippen molar-refractivity contribution >= 4 is 71.9 Å². The van der Waals surface area contributed by atoms with Crippen LogP contribution in [0, 0.1) is 11.3 Å². The van der Waals surface area contributed by atoms with Crippen LogP contribution >= 0.6 is 50.1 Å². The van der Waals surface area contributed by atoms with Gasteiger partial charge in [-0.25, -0.2) is 15.1 Å². The number of hydroxylamine groups is 1. The molecule has 0 saturated heterocycles. The van der Waals surface area contributed by atoms with Crippen molar-refractivity contribution in [3.8, 4) is 17.2 Å². The van der Waals surface area contributed by atoms with Gasteiger partial charge < -0.3 is 5.32 Å². The molecular formula is C18H13F5IN4O2PS2. The van der Waals surface area contributed by atoms with Crippen LogP contribution < -0.4 is 10.8 Å². The van der Waals surface area contributed by atoms with Gasteiger partial charge in [0.25, 0.3) is 5.91 Å². The number of hydrogen-bond donors (Lipinski definition) is 2. The fourth-order valence-corrected chi connectivity index (χ4v) is 4.73. The van der Waals surface area contributed by atoms with E-state index in [1.165, 1.54) is 11.6 Å². The molecule has 3 rings (SSSR count). The lowest BCUT2D eigenvalue weighted by molar-refractivity contribution is -0.123. The molecular weight excluding hydrogens is 621 g/mol. The van der Waals surface area contributed by atoms with Gasteiger partial charge in [0.2, 0.25) is 0 Å². The molecule has 1 heterocycles. The fraction of sp³-hybridized carbons (Fsp3) is 0.0556. The molecule has 1 amide bonds.